The van der Waals surface area contributed by atoms with Gasteiger partial charge in [0.25, 0.3) is 0 Å². The van der Waals surface area contributed by atoms with E-state index in [4.69, 9.17) is 4.74 Å². The zero-order chi connectivity index (χ0) is 34.4. The Morgan fingerprint density at radius 2 is 1.00 bits per heavy atom. The van der Waals surface area contributed by atoms with E-state index in [0.717, 1.165) is 24.8 Å². The predicted octanol–water partition coefficient (Wildman–Crippen LogP) is 12.7. The summed E-state index contributed by atoms with van der Waals surface area (Å²) in [5, 5.41) is 21.0. The molecule has 0 bridgehead atoms. The van der Waals surface area contributed by atoms with Crippen molar-refractivity contribution in [2.75, 3.05) is 0 Å². The largest absolute Gasteiger partial charge is 0.507 e. The number of hydrogen-bond donors (Lipinski definition) is 2. The summed E-state index contributed by atoms with van der Waals surface area (Å²) in [6.45, 7) is 4.11. The standard InChI is InChI=1S/C43H66O5/c1-3-4-5-6-7-8-9-10-11-12-13-14-15-16-17-18-19-20-21-22-23-24-25-26-27-31-39(46)48-43-35-29-28-30-37(44)40(35)42(47)41-36(43)32-34(2)33-38(41)45/h28-30,32-33,43-45H,3-27,31H2,1-2H3/t43-/m0/s1. The molecule has 2 N–H and O–H groups in total. The summed E-state index contributed by atoms with van der Waals surface area (Å²) in [7, 11) is 0. The highest BCUT2D eigenvalue weighted by atomic mass is 16.5. The molecule has 0 saturated heterocycles. The number of hydrogen-bond acceptors (Lipinski definition) is 5. The fourth-order valence-corrected chi connectivity index (χ4v) is 7.29. The normalized spacial score (nSPS) is 13.8. The number of benzene rings is 2. The SMILES string of the molecule is CCCCCCCCCCCCCCCCCCCCCCCCCCCC(=O)O[C@H]1c2cccc(O)c2C(=O)c2c(O)cc(C)cc21. The maximum absolute atomic E-state index is 13.1. The minimum absolute atomic E-state index is 0.0898. The second-order valence-electron chi connectivity index (χ2n) is 14.4. The number of phenolic OH excluding ortho intramolecular Hbond substituents is 2. The molecule has 0 spiro atoms. The van der Waals surface area contributed by atoms with Crippen LogP contribution in [0.4, 0.5) is 0 Å². The second kappa shape index (κ2) is 23.5. The van der Waals surface area contributed by atoms with Gasteiger partial charge < -0.3 is 14.9 Å². The molecule has 0 amide bonds. The molecule has 5 nitrogen and oxygen atoms in total. The predicted molar refractivity (Wildman–Crippen MR) is 198 cm³/mol. The van der Waals surface area contributed by atoms with Gasteiger partial charge in [-0.1, -0.05) is 179 Å². The van der Waals surface area contributed by atoms with Crippen molar-refractivity contribution >= 4 is 11.8 Å². The lowest BCUT2D eigenvalue weighted by Crippen LogP contribution is -2.24. The maximum Gasteiger partial charge on any atom is 0.306 e. The van der Waals surface area contributed by atoms with Crippen LogP contribution in [0, 0.1) is 6.92 Å². The quantitative estimate of drug-likeness (QED) is 0.0734. The first-order valence-electron chi connectivity index (χ1n) is 19.8. The van der Waals surface area contributed by atoms with Crippen molar-refractivity contribution in [2.24, 2.45) is 0 Å². The minimum atomic E-state index is -0.836. The molecule has 48 heavy (non-hydrogen) atoms. The van der Waals surface area contributed by atoms with Gasteiger partial charge in [-0.2, -0.15) is 0 Å². The van der Waals surface area contributed by atoms with Crippen molar-refractivity contribution in [3.63, 3.8) is 0 Å². The summed E-state index contributed by atoms with van der Waals surface area (Å²) < 4.78 is 5.90. The van der Waals surface area contributed by atoms with Crippen molar-refractivity contribution in [3.05, 3.63) is 58.1 Å². The van der Waals surface area contributed by atoms with Gasteiger partial charge in [0.1, 0.15) is 11.5 Å². The molecular weight excluding hydrogens is 596 g/mol. The maximum atomic E-state index is 13.1. The van der Waals surface area contributed by atoms with Crippen molar-refractivity contribution in [1.29, 1.82) is 0 Å². The van der Waals surface area contributed by atoms with Crippen LogP contribution in [0.25, 0.3) is 0 Å². The van der Waals surface area contributed by atoms with E-state index in [0.29, 0.717) is 17.5 Å². The number of ketones is 1. The molecule has 2 aromatic carbocycles. The highest BCUT2D eigenvalue weighted by Gasteiger charge is 2.37. The highest BCUT2D eigenvalue weighted by molar-refractivity contribution is 6.15. The van der Waals surface area contributed by atoms with Gasteiger partial charge in [0.2, 0.25) is 5.78 Å². The third-order valence-electron chi connectivity index (χ3n) is 10.1. The average molecular weight is 663 g/mol. The van der Waals surface area contributed by atoms with Crippen LogP contribution in [-0.4, -0.2) is 22.0 Å². The number of ether oxygens (including phenoxy) is 1. The number of carbonyl (C=O) groups excluding carboxylic acids is 2. The zero-order valence-electron chi connectivity index (χ0n) is 30.5. The molecule has 1 atom stereocenters. The lowest BCUT2D eigenvalue weighted by atomic mass is 9.81. The van der Waals surface area contributed by atoms with Crippen LogP contribution in [0.2, 0.25) is 0 Å². The van der Waals surface area contributed by atoms with E-state index >= 15 is 0 Å². The van der Waals surface area contributed by atoms with Gasteiger partial charge in [-0.25, -0.2) is 0 Å². The van der Waals surface area contributed by atoms with Crippen LogP contribution >= 0.6 is 0 Å². The Morgan fingerprint density at radius 1 is 0.583 bits per heavy atom. The Balaban J connectivity index is 1.14. The highest BCUT2D eigenvalue weighted by Crippen LogP contribution is 2.44. The first kappa shape index (κ1) is 39.6. The summed E-state index contributed by atoms with van der Waals surface area (Å²) in [4.78, 5) is 26.0. The molecule has 0 saturated carbocycles. The molecule has 0 aliphatic heterocycles. The van der Waals surface area contributed by atoms with Gasteiger partial charge in [0.15, 0.2) is 6.10 Å². The molecule has 1 aliphatic carbocycles. The molecule has 0 aromatic heterocycles. The zero-order valence-corrected chi connectivity index (χ0v) is 30.5. The van der Waals surface area contributed by atoms with Gasteiger partial charge in [-0.3, -0.25) is 9.59 Å². The van der Waals surface area contributed by atoms with E-state index in [1.807, 2.05) is 6.92 Å². The number of unbranched alkanes of at least 4 members (excludes halogenated alkanes) is 24. The van der Waals surface area contributed by atoms with Crippen molar-refractivity contribution in [2.45, 2.75) is 187 Å². The number of esters is 1. The van der Waals surface area contributed by atoms with Crippen molar-refractivity contribution in [3.8, 4) is 11.5 Å². The lowest BCUT2D eigenvalue weighted by Gasteiger charge is -2.28. The van der Waals surface area contributed by atoms with Gasteiger partial charge in [0, 0.05) is 17.5 Å². The topological polar surface area (TPSA) is 83.8 Å². The first-order chi connectivity index (χ1) is 23.4. The van der Waals surface area contributed by atoms with Gasteiger partial charge >= 0.3 is 5.97 Å². The summed E-state index contributed by atoms with van der Waals surface area (Å²) in [5.74, 6) is -1.12. The van der Waals surface area contributed by atoms with E-state index < -0.39 is 11.9 Å². The molecule has 0 fully saturated rings. The van der Waals surface area contributed by atoms with E-state index in [-0.39, 0.29) is 28.6 Å². The van der Waals surface area contributed by atoms with Crippen molar-refractivity contribution in [1.82, 2.24) is 0 Å². The summed E-state index contributed by atoms with van der Waals surface area (Å²) in [6, 6.07) is 8.08. The van der Waals surface area contributed by atoms with Crippen molar-refractivity contribution < 1.29 is 24.5 Å². The molecule has 2 aromatic rings. The van der Waals surface area contributed by atoms with E-state index in [9.17, 15) is 19.8 Å². The Labute approximate surface area is 292 Å². The van der Waals surface area contributed by atoms with Gasteiger partial charge in [0.05, 0.1) is 11.1 Å². The fourth-order valence-electron chi connectivity index (χ4n) is 7.29. The van der Waals surface area contributed by atoms with E-state index in [2.05, 4.69) is 6.92 Å². The number of fused-ring (bicyclic) bond motifs is 2. The van der Waals surface area contributed by atoms with Gasteiger partial charge in [-0.05, 0) is 31.0 Å². The van der Waals surface area contributed by atoms with Crippen LogP contribution in [0.3, 0.4) is 0 Å². The Kier molecular flexibility index (Phi) is 19.4. The molecular formula is C43H66O5. The Bertz CT molecular complexity index is 1220. The summed E-state index contributed by atoms with van der Waals surface area (Å²) >= 11 is 0. The summed E-state index contributed by atoms with van der Waals surface area (Å²) in [6.07, 6.45) is 33.0. The lowest BCUT2D eigenvalue weighted by molar-refractivity contribution is -0.147. The molecule has 5 heteroatoms. The fraction of sp³-hybridized carbons (Fsp3) is 0.674. The third kappa shape index (κ3) is 14.0. The Morgan fingerprint density at radius 3 is 1.46 bits per heavy atom. The number of aryl methyl sites for hydroxylation is 1. The molecule has 1 aliphatic rings. The van der Waals surface area contributed by atoms with Crippen LogP contribution < -0.4 is 0 Å². The molecule has 0 unspecified atom stereocenters. The Hall–Kier alpha value is -2.82. The average Bonchev–Trinajstić information content (AvgIpc) is 3.06. The van der Waals surface area contributed by atoms with Crippen LogP contribution in [0.15, 0.2) is 30.3 Å². The molecule has 0 heterocycles. The molecule has 268 valence electrons. The molecule has 0 radical (unpaired) electrons. The first-order valence-corrected chi connectivity index (χ1v) is 19.8. The van der Waals surface area contributed by atoms with E-state index in [1.165, 1.54) is 153 Å². The third-order valence-corrected chi connectivity index (χ3v) is 10.1. The van der Waals surface area contributed by atoms with Crippen LogP contribution in [0.1, 0.15) is 213 Å². The van der Waals surface area contributed by atoms with Crippen LogP contribution in [-0.2, 0) is 9.53 Å². The smallest absolute Gasteiger partial charge is 0.306 e. The van der Waals surface area contributed by atoms with Crippen LogP contribution in [0.5, 0.6) is 11.5 Å². The second-order valence-corrected chi connectivity index (χ2v) is 14.4. The summed E-state index contributed by atoms with van der Waals surface area (Å²) in [5.41, 5.74) is 1.88. The van der Waals surface area contributed by atoms with Gasteiger partial charge in [-0.15, -0.1) is 0 Å². The monoisotopic (exact) mass is 662 g/mol. The molecule has 3 rings (SSSR count). The number of phenols is 2. The number of carbonyl (C=O) groups is 2. The van der Waals surface area contributed by atoms with E-state index in [1.54, 1.807) is 18.2 Å². The number of aromatic hydroxyl groups is 2. The number of rotatable bonds is 27. The minimum Gasteiger partial charge on any atom is -0.507 e.